The molecule has 0 spiro atoms. The lowest BCUT2D eigenvalue weighted by molar-refractivity contribution is -0.0974. The Morgan fingerprint density at radius 3 is 2.53 bits per heavy atom. The summed E-state index contributed by atoms with van der Waals surface area (Å²) >= 11 is 0. The summed E-state index contributed by atoms with van der Waals surface area (Å²) in [5.41, 5.74) is 0.0776. The number of nitrogens with one attached hydrogen (secondary N) is 1. The Labute approximate surface area is 98.8 Å². The summed E-state index contributed by atoms with van der Waals surface area (Å²) in [4.78, 5) is 11.6. The third kappa shape index (κ3) is 3.61. The number of carbonyl (C=O) groups excluding carboxylic acids is 1. The summed E-state index contributed by atoms with van der Waals surface area (Å²) in [7, 11) is 2.91. The number of phenolic OH excluding ortho intramolecular Hbond substituents is 2. The Morgan fingerprint density at radius 2 is 2.00 bits per heavy atom. The number of amides is 1. The molecule has 3 N–H and O–H groups in total. The van der Waals surface area contributed by atoms with Crippen molar-refractivity contribution in [1.29, 1.82) is 0 Å². The maximum Gasteiger partial charge on any atom is 0.255 e. The molecule has 0 radical (unpaired) electrons. The van der Waals surface area contributed by atoms with Crippen molar-refractivity contribution in [3.05, 3.63) is 23.8 Å². The molecule has 17 heavy (non-hydrogen) atoms. The van der Waals surface area contributed by atoms with Gasteiger partial charge in [0.05, 0.1) is 12.1 Å². The number of ether oxygens (including phenoxy) is 2. The molecule has 0 saturated carbocycles. The molecule has 0 aromatic heterocycles. The van der Waals surface area contributed by atoms with Gasteiger partial charge >= 0.3 is 0 Å². The van der Waals surface area contributed by atoms with Crippen molar-refractivity contribution in [2.45, 2.75) is 6.29 Å². The van der Waals surface area contributed by atoms with E-state index in [0.29, 0.717) is 0 Å². The maximum atomic E-state index is 11.6. The average molecular weight is 241 g/mol. The SMILES string of the molecule is COC(CNC(=O)c1ccc(O)cc1O)OC. The van der Waals surface area contributed by atoms with Crippen molar-refractivity contribution < 1.29 is 24.5 Å². The minimum atomic E-state index is -0.543. The largest absolute Gasteiger partial charge is 0.508 e. The van der Waals surface area contributed by atoms with Crippen LogP contribution in [0, 0.1) is 0 Å². The van der Waals surface area contributed by atoms with E-state index in [1.807, 2.05) is 0 Å². The smallest absolute Gasteiger partial charge is 0.255 e. The molecule has 94 valence electrons. The van der Waals surface area contributed by atoms with Crippen molar-refractivity contribution in [3.8, 4) is 11.5 Å². The molecule has 0 unspecified atom stereocenters. The minimum Gasteiger partial charge on any atom is -0.508 e. The molecule has 1 amide bonds. The van der Waals surface area contributed by atoms with Gasteiger partial charge in [0, 0.05) is 20.3 Å². The molecule has 6 heteroatoms. The number of carbonyl (C=O) groups is 1. The van der Waals surface area contributed by atoms with Crippen molar-refractivity contribution in [2.75, 3.05) is 20.8 Å². The van der Waals surface area contributed by atoms with Gasteiger partial charge in [-0.3, -0.25) is 4.79 Å². The molecule has 0 aliphatic rings. The van der Waals surface area contributed by atoms with Crippen LogP contribution in [0.4, 0.5) is 0 Å². The first kappa shape index (κ1) is 13.3. The third-order valence-corrected chi connectivity index (χ3v) is 2.18. The van der Waals surface area contributed by atoms with Crippen LogP contribution in [0.5, 0.6) is 11.5 Å². The van der Waals surface area contributed by atoms with Crippen molar-refractivity contribution in [1.82, 2.24) is 5.32 Å². The van der Waals surface area contributed by atoms with Gasteiger partial charge in [-0.25, -0.2) is 0 Å². The van der Waals surface area contributed by atoms with Crippen molar-refractivity contribution in [2.24, 2.45) is 0 Å². The number of benzene rings is 1. The van der Waals surface area contributed by atoms with Gasteiger partial charge in [-0.05, 0) is 12.1 Å². The van der Waals surface area contributed by atoms with Crippen LogP contribution in [0.2, 0.25) is 0 Å². The van der Waals surface area contributed by atoms with E-state index in [0.717, 1.165) is 6.07 Å². The van der Waals surface area contributed by atoms with Crippen LogP contribution in [0.15, 0.2) is 18.2 Å². The van der Waals surface area contributed by atoms with E-state index in [9.17, 15) is 9.90 Å². The Bertz CT molecular complexity index is 389. The van der Waals surface area contributed by atoms with Crippen LogP contribution < -0.4 is 5.32 Å². The van der Waals surface area contributed by atoms with E-state index in [2.05, 4.69) is 5.32 Å². The molecule has 0 atom stereocenters. The highest BCUT2D eigenvalue weighted by Gasteiger charge is 2.13. The first-order valence-electron chi connectivity index (χ1n) is 4.94. The zero-order chi connectivity index (χ0) is 12.8. The molecule has 0 heterocycles. The summed E-state index contributed by atoms with van der Waals surface area (Å²) in [5, 5.41) is 21.1. The molecule has 1 rings (SSSR count). The fourth-order valence-electron chi connectivity index (χ4n) is 1.25. The Hall–Kier alpha value is -1.79. The number of methoxy groups -OCH3 is 2. The van der Waals surface area contributed by atoms with E-state index in [1.165, 1.54) is 26.4 Å². The molecule has 0 bridgehead atoms. The average Bonchev–Trinajstić information content (AvgIpc) is 2.30. The van der Waals surface area contributed by atoms with Crippen molar-refractivity contribution in [3.63, 3.8) is 0 Å². The molecule has 0 saturated heterocycles. The maximum absolute atomic E-state index is 11.6. The van der Waals surface area contributed by atoms with Gasteiger partial charge in [0.25, 0.3) is 5.91 Å². The second-order valence-corrected chi connectivity index (χ2v) is 3.31. The topological polar surface area (TPSA) is 88.0 Å². The Kier molecular flexibility index (Phi) is 4.74. The molecule has 6 nitrogen and oxygen atoms in total. The van der Waals surface area contributed by atoms with Crippen LogP contribution in [0.25, 0.3) is 0 Å². The summed E-state index contributed by atoms with van der Waals surface area (Å²) in [6.07, 6.45) is -0.543. The minimum absolute atomic E-state index is 0.0776. The highest BCUT2D eigenvalue weighted by Crippen LogP contribution is 2.22. The molecule has 0 fully saturated rings. The number of hydrogen-bond donors (Lipinski definition) is 3. The lowest BCUT2D eigenvalue weighted by Crippen LogP contribution is -2.34. The normalized spacial score (nSPS) is 10.5. The second kappa shape index (κ2) is 6.07. The molecule has 1 aromatic carbocycles. The van der Waals surface area contributed by atoms with Crippen LogP contribution >= 0.6 is 0 Å². The quantitative estimate of drug-likeness (QED) is 0.651. The highest BCUT2D eigenvalue weighted by molar-refractivity contribution is 5.96. The lowest BCUT2D eigenvalue weighted by Gasteiger charge is -2.14. The first-order chi connectivity index (χ1) is 8.08. The number of rotatable bonds is 5. The van der Waals surface area contributed by atoms with Gasteiger partial charge in [0.2, 0.25) is 0 Å². The molecule has 0 aliphatic carbocycles. The van der Waals surface area contributed by atoms with E-state index in [4.69, 9.17) is 14.6 Å². The standard InChI is InChI=1S/C11H15NO5/c1-16-10(17-2)6-12-11(15)8-4-3-7(13)5-9(8)14/h3-5,10,13-14H,6H2,1-2H3,(H,12,15). The first-order valence-corrected chi connectivity index (χ1v) is 4.94. The number of phenols is 2. The van der Waals surface area contributed by atoms with Gasteiger partial charge in [-0.1, -0.05) is 0 Å². The molecule has 1 aromatic rings. The Morgan fingerprint density at radius 1 is 1.35 bits per heavy atom. The summed E-state index contributed by atoms with van der Waals surface area (Å²) in [5.74, 6) is -0.860. The van der Waals surface area contributed by atoms with Gasteiger partial charge in [-0.2, -0.15) is 0 Å². The molecule has 0 aliphatic heterocycles. The summed E-state index contributed by atoms with van der Waals surface area (Å²) in [6.45, 7) is 0.159. The highest BCUT2D eigenvalue weighted by atomic mass is 16.7. The summed E-state index contributed by atoms with van der Waals surface area (Å²) in [6, 6.07) is 3.74. The van der Waals surface area contributed by atoms with Gasteiger partial charge in [0.1, 0.15) is 11.5 Å². The van der Waals surface area contributed by atoms with E-state index >= 15 is 0 Å². The monoisotopic (exact) mass is 241 g/mol. The predicted molar refractivity (Wildman–Crippen MR) is 59.9 cm³/mol. The van der Waals surface area contributed by atoms with E-state index in [-0.39, 0.29) is 23.6 Å². The predicted octanol–water partition coefficient (Wildman–Crippen LogP) is 0.446. The van der Waals surface area contributed by atoms with E-state index < -0.39 is 12.2 Å². The van der Waals surface area contributed by atoms with Crippen molar-refractivity contribution >= 4 is 5.91 Å². The third-order valence-electron chi connectivity index (χ3n) is 2.18. The van der Waals surface area contributed by atoms with Crippen LogP contribution in [-0.2, 0) is 9.47 Å². The zero-order valence-electron chi connectivity index (χ0n) is 9.64. The van der Waals surface area contributed by atoms with Gasteiger partial charge < -0.3 is 25.0 Å². The lowest BCUT2D eigenvalue weighted by atomic mass is 10.2. The van der Waals surface area contributed by atoms with Crippen LogP contribution in [0.3, 0.4) is 0 Å². The fourth-order valence-corrected chi connectivity index (χ4v) is 1.25. The second-order valence-electron chi connectivity index (χ2n) is 3.31. The zero-order valence-corrected chi connectivity index (χ0v) is 9.64. The Balaban J connectivity index is 2.64. The molecular weight excluding hydrogens is 226 g/mol. The van der Waals surface area contributed by atoms with Crippen LogP contribution in [0.1, 0.15) is 10.4 Å². The van der Waals surface area contributed by atoms with E-state index in [1.54, 1.807) is 0 Å². The summed E-state index contributed by atoms with van der Waals surface area (Å²) < 4.78 is 9.79. The molecular formula is C11H15NO5. The fraction of sp³-hybridized carbons (Fsp3) is 0.364. The van der Waals surface area contributed by atoms with Gasteiger partial charge in [0.15, 0.2) is 6.29 Å². The number of aromatic hydroxyl groups is 2. The number of hydrogen-bond acceptors (Lipinski definition) is 5. The van der Waals surface area contributed by atoms with Crippen LogP contribution in [-0.4, -0.2) is 43.2 Å². The van der Waals surface area contributed by atoms with Gasteiger partial charge in [-0.15, -0.1) is 0 Å².